The van der Waals surface area contributed by atoms with Crippen LogP contribution in [0.4, 0.5) is 14.7 Å². The minimum absolute atomic E-state index is 0.0537. The van der Waals surface area contributed by atoms with Crippen LogP contribution in [0.2, 0.25) is 0 Å². The van der Waals surface area contributed by atoms with E-state index in [1.165, 1.54) is 12.1 Å². The Kier molecular flexibility index (Phi) is 7.96. The van der Waals surface area contributed by atoms with Crippen molar-refractivity contribution in [3.8, 4) is 0 Å². The van der Waals surface area contributed by atoms with Crippen molar-refractivity contribution in [3.63, 3.8) is 0 Å². The van der Waals surface area contributed by atoms with Gasteiger partial charge < -0.3 is 10.2 Å². The van der Waals surface area contributed by atoms with Gasteiger partial charge in [0.25, 0.3) is 5.56 Å². The van der Waals surface area contributed by atoms with Gasteiger partial charge in [-0.15, -0.1) is 0 Å². The van der Waals surface area contributed by atoms with Gasteiger partial charge in [0, 0.05) is 68.3 Å². The second-order valence-corrected chi connectivity index (χ2v) is 12.3. The second-order valence-electron chi connectivity index (χ2n) is 12.3. The number of halogens is 2. The van der Waals surface area contributed by atoms with Crippen LogP contribution in [0, 0.1) is 0 Å². The van der Waals surface area contributed by atoms with E-state index in [1.54, 1.807) is 21.7 Å². The molecule has 0 bridgehead atoms. The van der Waals surface area contributed by atoms with E-state index in [0.29, 0.717) is 50.6 Å². The fourth-order valence-electron chi connectivity index (χ4n) is 6.45. The quantitative estimate of drug-likeness (QED) is 0.375. The van der Waals surface area contributed by atoms with Gasteiger partial charge in [-0.05, 0) is 63.8 Å². The van der Waals surface area contributed by atoms with E-state index in [-0.39, 0.29) is 30.3 Å². The number of pyridine rings is 1. The normalized spacial score (nSPS) is 19.2. The first-order chi connectivity index (χ1) is 19.8. The molecule has 1 saturated heterocycles. The van der Waals surface area contributed by atoms with E-state index in [1.807, 2.05) is 39.8 Å². The zero-order valence-corrected chi connectivity index (χ0v) is 24.9. The molecule has 1 aliphatic heterocycles. The third-order valence-corrected chi connectivity index (χ3v) is 8.93. The predicted octanol–water partition coefficient (Wildman–Crippen LogP) is 5.45. The molecule has 1 amide bonds. The van der Waals surface area contributed by atoms with Gasteiger partial charge in [-0.1, -0.05) is 30.8 Å². The smallest absolute Gasteiger partial charge is 0.252 e. The maximum atomic E-state index is 14.3. The summed E-state index contributed by atoms with van der Waals surface area (Å²) in [6.45, 7) is 13.9. The molecule has 2 fully saturated rings. The summed E-state index contributed by atoms with van der Waals surface area (Å²) in [5.74, 6) is -2.34. The number of hydrogen-bond acceptors (Lipinski definition) is 6. The standard InChI is InChI=1S/C32H40F2N6O2/c1-6-26(41)38-17-19-39(20-18-38)31(13-15-32(33,34)16-14-31)25-10-8-24(9-11-25)30(4,5)37-29-35-21-23-7-12-27(42)40(22(2)3)28(23)36-29/h6-12,21-22H,1,13-20H2,2-5H3,(H,35,36,37). The van der Waals surface area contributed by atoms with Crippen LogP contribution in [0.15, 0.2) is 60.0 Å². The van der Waals surface area contributed by atoms with Crippen molar-refractivity contribution < 1.29 is 13.6 Å². The molecule has 1 saturated carbocycles. The van der Waals surface area contributed by atoms with E-state index in [9.17, 15) is 18.4 Å². The van der Waals surface area contributed by atoms with Crippen molar-refractivity contribution in [2.45, 2.75) is 76.4 Å². The number of nitrogens with zero attached hydrogens (tertiary/aromatic N) is 5. The van der Waals surface area contributed by atoms with Crippen molar-refractivity contribution >= 4 is 22.9 Å². The van der Waals surface area contributed by atoms with Gasteiger partial charge >= 0.3 is 0 Å². The molecule has 224 valence electrons. The molecule has 1 aromatic carbocycles. The topological polar surface area (TPSA) is 83.4 Å². The molecule has 3 aromatic rings. The summed E-state index contributed by atoms with van der Waals surface area (Å²) in [6, 6.07) is 11.4. The summed E-state index contributed by atoms with van der Waals surface area (Å²) in [5, 5.41) is 4.21. The molecule has 0 atom stereocenters. The fraction of sp³-hybridized carbons (Fsp3) is 0.500. The van der Waals surface area contributed by atoms with Gasteiger partial charge in [0.15, 0.2) is 0 Å². The number of anilines is 1. The second kappa shape index (κ2) is 11.2. The van der Waals surface area contributed by atoms with Crippen LogP contribution >= 0.6 is 0 Å². The van der Waals surface area contributed by atoms with Gasteiger partial charge in [0.1, 0.15) is 5.65 Å². The third-order valence-electron chi connectivity index (χ3n) is 8.93. The SMILES string of the molecule is C=CC(=O)N1CCN(C2(c3ccc(C(C)(C)Nc4ncc5ccc(=O)n(C(C)C)c5n4)cc3)CCC(F)(F)CC2)CC1. The molecule has 2 aliphatic rings. The molecule has 42 heavy (non-hydrogen) atoms. The van der Waals surface area contributed by atoms with Crippen LogP contribution in [0.25, 0.3) is 11.0 Å². The van der Waals surface area contributed by atoms with Crippen LogP contribution in [0.3, 0.4) is 0 Å². The highest BCUT2D eigenvalue weighted by Crippen LogP contribution is 2.48. The lowest BCUT2D eigenvalue weighted by atomic mass is 9.73. The lowest BCUT2D eigenvalue weighted by Gasteiger charge is -2.51. The summed E-state index contributed by atoms with van der Waals surface area (Å²) >= 11 is 0. The van der Waals surface area contributed by atoms with Gasteiger partial charge in [0.05, 0.1) is 5.54 Å². The maximum Gasteiger partial charge on any atom is 0.252 e. The van der Waals surface area contributed by atoms with Gasteiger partial charge in [0.2, 0.25) is 17.8 Å². The molecule has 8 nitrogen and oxygen atoms in total. The van der Waals surface area contributed by atoms with Crippen LogP contribution in [0.1, 0.15) is 70.5 Å². The van der Waals surface area contributed by atoms with Gasteiger partial charge in [-0.3, -0.25) is 19.1 Å². The fourth-order valence-corrected chi connectivity index (χ4v) is 6.45. The van der Waals surface area contributed by atoms with E-state index in [2.05, 4.69) is 33.9 Å². The molecule has 0 radical (unpaired) electrons. The number of piperazine rings is 1. The van der Waals surface area contributed by atoms with Gasteiger partial charge in [-0.25, -0.2) is 13.8 Å². The molecule has 1 aliphatic carbocycles. The Morgan fingerprint density at radius 3 is 2.26 bits per heavy atom. The number of amides is 1. The van der Waals surface area contributed by atoms with Crippen molar-refractivity contribution in [2.75, 3.05) is 31.5 Å². The predicted molar refractivity (Wildman–Crippen MR) is 161 cm³/mol. The number of aromatic nitrogens is 3. The minimum Gasteiger partial charge on any atom is -0.345 e. The Morgan fingerprint density at radius 2 is 1.67 bits per heavy atom. The van der Waals surface area contributed by atoms with Crippen LogP contribution < -0.4 is 10.9 Å². The number of rotatable bonds is 7. The Labute approximate surface area is 245 Å². The first-order valence-electron chi connectivity index (χ1n) is 14.7. The number of carbonyl (C=O) groups is 1. The molecule has 5 rings (SSSR count). The lowest BCUT2D eigenvalue weighted by Crippen LogP contribution is -2.58. The van der Waals surface area contributed by atoms with E-state index in [0.717, 1.165) is 16.5 Å². The molecule has 10 heteroatoms. The third kappa shape index (κ3) is 5.69. The highest BCUT2D eigenvalue weighted by Gasteiger charge is 2.48. The molecule has 0 unspecified atom stereocenters. The highest BCUT2D eigenvalue weighted by atomic mass is 19.3. The average molecular weight is 579 g/mol. The zero-order valence-electron chi connectivity index (χ0n) is 24.9. The molecule has 3 heterocycles. The summed E-state index contributed by atoms with van der Waals surface area (Å²) in [6.07, 6.45) is 3.45. The Morgan fingerprint density at radius 1 is 1.02 bits per heavy atom. The highest BCUT2D eigenvalue weighted by molar-refractivity contribution is 5.87. The number of benzene rings is 1. The molecular formula is C32H40F2N6O2. The van der Waals surface area contributed by atoms with Crippen molar-refractivity contribution in [1.82, 2.24) is 24.3 Å². The first kappa shape index (κ1) is 29.8. The first-order valence-corrected chi connectivity index (χ1v) is 14.7. The van der Waals surface area contributed by atoms with E-state index < -0.39 is 17.0 Å². The Hall–Kier alpha value is -3.66. The largest absolute Gasteiger partial charge is 0.345 e. The van der Waals surface area contributed by atoms with Crippen molar-refractivity contribution in [1.29, 1.82) is 0 Å². The van der Waals surface area contributed by atoms with Crippen LogP contribution in [-0.2, 0) is 15.9 Å². The van der Waals surface area contributed by atoms with E-state index >= 15 is 0 Å². The summed E-state index contributed by atoms with van der Waals surface area (Å²) < 4.78 is 30.3. The molecular weight excluding hydrogens is 538 g/mol. The minimum atomic E-state index is -2.66. The van der Waals surface area contributed by atoms with Gasteiger partial charge in [-0.2, -0.15) is 4.98 Å². The van der Waals surface area contributed by atoms with Crippen LogP contribution in [0.5, 0.6) is 0 Å². The number of hydrogen-bond donors (Lipinski definition) is 1. The number of nitrogens with one attached hydrogen (secondary N) is 1. The Bertz CT molecular complexity index is 1510. The lowest BCUT2D eigenvalue weighted by molar-refractivity contribution is -0.130. The summed E-state index contributed by atoms with van der Waals surface area (Å²) in [7, 11) is 0. The summed E-state index contributed by atoms with van der Waals surface area (Å²) in [5.41, 5.74) is 1.40. The molecule has 1 N–H and O–H groups in total. The molecule has 2 aromatic heterocycles. The van der Waals surface area contributed by atoms with Crippen LogP contribution in [-0.4, -0.2) is 62.3 Å². The number of alkyl halides is 2. The van der Waals surface area contributed by atoms with Crippen molar-refractivity contribution in [2.24, 2.45) is 0 Å². The maximum absolute atomic E-state index is 14.3. The van der Waals surface area contributed by atoms with Crippen molar-refractivity contribution in [3.05, 3.63) is 76.7 Å². The monoisotopic (exact) mass is 578 g/mol. The zero-order chi connectivity index (χ0) is 30.3. The van der Waals surface area contributed by atoms with E-state index in [4.69, 9.17) is 4.98 Å². The Balaban J connectivity index is 1.40. The summed E-state index contributed by atoms with van der Waals surface area (Å²) in [4.78, 5) is 37.9. The molecule has 0 spiro atoms. The average Bonchev–Trinajstić information content (AvgIpc) is 2.96. The number of carbonyl (C=O) groups excluding carboxylic acids is 1. The number of fused-ring (bicyclic) bond motifs is 1.